The van der Waals surface area contributed by atoms with Crippen molar-refractivity contribution in [3.05, 3.63) is 16.5 Å². The first-order valence-electron chi connectivity index (χ1n) is 5.04. The van der Waals surface area contributed by atoms with Crippen molar-refractivity contribution < 1.29 is 12.8 Å². The number of sulfonamides is 1. The predicted molar refractivity (Wildman–Crippen MR) is 62.3 cm³/mol. The third-order valence-electron chi connectivity index (χ3n) is 2.59. The van der Waals surface area contributed by atoms with Gasteiger partial charge in [-0.1, -0.05) is 0 Å². The van der Waals surface area contributed by atoms with Gasteiger partial charge in [0.15, 0.2) is 4.67 Å². The van der Waals surface area contributed by atoms with Crippen LogP contribution in [0.3, 0.4) is 0 Å². The average Bonchev–Trinajstić information content (AvgIpc) is 2.85. The molecule has 16 heavy (non-hydrogen) atoms. The first kappa shape index (κ1) is 12.1. The van der Waals surface area contributed by atoms with Gasteiger partial charge in [-0.25, -0.2) is 8.42 Å². The van der Waals surface area contributed by atoms with Gasteiger partial charge in [-0.05, 0) is 28.8 Å². The van der Waals surface area contributed by atoms with Crippen LogP contribution in [0, 0.1) is 0 Å². The van der Waals surface area contributed by atoms with Crippen molar-refractivity contribution in [1.29, 1.82) is 0 Å². The van der Waals surface area contributed by atoms with Crippen LogP contribution in [0.2, 0.25) is 0 Å². The Morgan fingerprint density at radius 2 is 2.06 bits per heavy atom. The van der Waals surface area contributed by atoms with E-state index in [9.17, 15) is 8.42 Å². The van der Waals surface area contributed by atoms with Crippen LogP contribution in [0.1, 0.15) is 18.6 Å². The number of halogens is 1. The van der Waals surface area contributed by atoms with E-state index in [1.54, 1.807) is 0 Å². The maximum absolute atomic E-state index is 12.2. The molecular formula is C9H13BrN2O3S. The van der Waals surface area contributed by atoms with Crippen molar-refractivity contribution in [3.63, 3.8) is 0 Å². The minimum atomic E-state index is -3.42. The molecule has 0 aliphatic carbocycles. The van der Waals surface area contributed by atoms with E-state index < -0.39 is 10.0 Å². The molecule has 1 aliphatic rings. The third-order valence-corrected chi connectivity index (χ3v) is 5.35. The molecule has 1 aromatic rings. The number of hydrogen-bond acceptors (Lipinski definition) is 4. The summed E-state index contributed by atoms with van der Waals surface area (Å²) in [5.41, 5.74) is 5.41. The van der Waals surface area contributed by atoms with Gasteiger partial charge in [0.2, 0.25) is 10.0 Å². The highest BCUT2D eigenvalue weighted by atomic mass is 79.9. The van der Waals surface area contributed by atoms with Gasteiger partial charge in [0.05, 0.1) is 6.54 Å². The fraction of sp³-hybridized carbons (Fsp3) is 0.556. The number of hydrogen-bond donors (Lipinski definition) is 1. The van der Waals surface area contributed by atoms with E-state index >= 15 is 0 Å². The summed E-state index contributed by atoms with van der Waals surface area (Å²) in [6, 6.07) is 1.48. The molecule has 0 spiro atoms. The summed E-state index contributed by atoms with van der Waals surface area (Å²) in [6.07, 6.45) is 1.83. The quantitative estimate of drug-likeness (QED) is 0.912. The predicted octanol–water partition coefficient (Wildman–Crippen LogP) is 1.29. The number of nitrogens with two attached hydrogens (primary N) is 1. The van der Waals surface area contributed by atoms with Gasteiger partial charge >= 0.3 is 0 Å². The Morgan fingerprint density at radius 3 is 2.56 bits per heavy atom. The molecule has 0 unspecified atom stereocenters. The first-order chi connectivity index (χ1) is 7.55. The van der Waals surface area contributed by atoms with Crippen LogP contribution < -0.4 is 5.73 Å². The fourth-order valence-corrected chi connectivity index (χ4v) is 4.22. The highest BCUT2D eigenvalue weighted by molar-refractivity contribution is 9.10. The van der Waals surface area contributed by atoms with Crippen LogP contribution in [0.25, 0.3) is 0 Å². The summed E-state index contributed by atoms with van der Waals surface area (Å²) in [5.74, 6) is 0.463. The summed E-state index contributed by atoms with van der Waals surface area (Å²) in [4.78, 5) is 0.176. The number of nitrogens with zero attached hydrogens (tertiary/aromatic N) is 1. The molecule has 0 saturated carbocycles. The van der Waals surface area contributed by atoms with E-state index in [0.717, 1.165) is 12.8 Å². The third kappa shape index (κ3) is 2.04. The van der Waals surface area contributed by atoms with Crippen LogP contribution in [0.5, 0.6) is 0 Å². The topological polar surface area (TPSA) is 76.5 Å². The largest absolute Gasteiger partial charge is 0.452 e. The molecule has 0 aromatic carbocycles. The van der Waals surface area contributed by atoms with E-state index in [0.29, 0.717) is 18.8 Å². The van der Waals surface area contributed by atoms with Crippen molar-refractivity contribution in [1.82, 2.24) is 4.31 Å². The molecule has 1 aromatic heterocycles. The second kappa shape index (κ2) is 4.48. The summed E-state index contributed by atoms with van der Waals surface area (Å²) >= 11 is 3.11. The van der Waals surface area contributed by atoms with E-state index in [1.807, 2.05) is 0 Å². The van der Waals surface area contributed by atoms with E-state index in [-0.39, 0.29) is 16.1 Å². The van der Waals surface area contributed by atoms with E-state index in [1.165, 1.54) is 10.4 Å². The minimum absolute atomic E-state index is 0.176. The van der Waals surface area contributed by atoms with Crippen LogP contribution in [-0.4, -0.2) is 25.8 Å². The Kier molecular flexibility index (Phi) is 3.39. The fourth-order valence-electron chi connectivity index (χ4n) is 1.74. The van der Waals surface area contributed by atoms with Gasteiger partial charge in [0, 0.05) is 19.2 Å². The van der Waals surface area contributed by atoms with Crippen molar-refractivity contribution in [3.8, 4) is 0 Å². The van der Waals surface area contributed by atoms with E-state index in [2.05, 4.69) is 15.9 Å². The molecule has 2 N–H and O–H groups in total. The molecule has 0 radical (unpaired) electrons. The molecular weight excluding hydrogens is 296 g/mol. The van der Waals surface area contributed by atoms with Gasteiger partial charge < -0.3 is 10.2 Å². The zero-order valence-corrected chi connectivity index (χ0v) is 11.1. The summed E-state index contributed by atoms with van der Waals surface area (Å²) in [6.45, 7) is 1.35. The second-order valence-corrected chi connectivity index (χ2v) is 6.29. The summed E-state index contributed by atoms with van der Waals surface area (Å²) < 4.78 is 31.3. The highest BCUT2D eigenvalue weighted by Gasteiger charge is 2.31. The van der Waals surface area contributed by atoms with Crippen molar-refractivity contribution in [2.75, 3.05) is 13.1 Å². The SMILES string of the molecule is NCc1cc(S(=O)(=O)N2CCCC2)c(Br)o1. The van der Waals surface area contributed by atoms with Gasteiger partial charge in [-0.2, -0.15) is 4.31 Å². The Morgan fingerprint density at radius 1 is 1.44 bits per heavy atom. The Hall–Kier alpha value is -0.370. The maximum atomic E-state index is 12.2. The van der Waals surface area contributed by atoms with Crippen LogP contribution in [0.15, 0.2) is 20.0 Å². The van der Waals surface area contributed by atoms with Crippen LogP contribution in [0.4, 0.5) is 0 Å². The summed E-state index contributed by atoms with van der Waals surface area (Å²) in [7, 11) is -3.42. The normalized spacial score (nSPS) is 18.1. The van der Waals surface area contributed by atoms with Crippen LogP contribution >= 0.6 is 15.9 Å². The average molecular weight is 309 g/mol. The molecule has 1 fully saturated rings. The van der Waals surface area contributed by atoms with Crippen LogP contribution in [-0.2, 0) is 16.6 Å². The lowest BCUT2D eigenvalue weighted by Crippen LogP contribution is -2.27. The number of furan rings is 1. The van der Waals surface area contributed by atoms with Crippen molar-refractivity contribution in [2.24, 2.45) is 5.73 Å². The van der Waals surface area contributed by atoms with Gasteiger partial charge in [0.25, 0.3) is 0 Å². The second-order valence-electron chi connectivity index (χ2n) is 3.67. The Bertz CT molecular complexity index is 477. The molecule has 2 heterocycles. The Labute approximate surface area is 103 Å². The standard InChI is InChI=1S/C9H13BrN2O3S/c10-9-8(5-7(6-11)15-9)16(13,14)12-3-1-2-4-12/h5H,1-4,6,11H2. The zero-order valence-electron chi connectivity index (χ0n) is 8.65. The summed E-state index contributed by atoms with van der Waals surface area (Å²) in [5, 5.41) is 0. The van der Waals surface area contributed by atoms with Crippen molar-refractivity contribution in [2.45, 2.75) is 24.3 Å². The molecule has 1 aliphatic heterocycles. The first-order valence-corrected chi connectivity index (χ1v) is 7.27. The Balaban J connectivity index is 2.38. The molecule has 0 atom stereocenters. The molecule has 2 rings (SSSR count). The highest BCUT2D eigenvalue weighted by Crippen LogP contribution is 2.30. The maximum Gasteiger partial charge on any atom is 0.247 e. The monoisotopic (exact) mass is 308 g/mol. The lowest BCUT2D eigenvalue weighted by atomic mass is 10.4. The molecule has 1 saturated heterocycles. The van der Waals surface area contributed by atoms with Gasteiger partial charge in [-0.15, -0.1) is 0 Å². The zero-order chi connectivity index (χ0) is 11.8. The molecule has 7 heteroatoms. The molecule has 0 bridgehead atoms. The lowest BCUT2D eigenvalue weighted by molar-refractivity contribution is 0.465. The van der Waals surface area contributed by atoms with Crippen molar-refractivity contribution >= 4 is 26.0 Å². The number of rotatable bonds is 3. The van der Waals surface area contributed by atoms with E-state index in [4.69, 9.17) is 10.2 Å². The molecule has 90 valence electrons. The van der Waals surface area contributed by atoms with Gasteiger partial charge in [-0.3, -0.25) is 0 Å². The minimum Gasteiger partial charge on any atom is -0.452 e. The lowest BCUT2D eigenvalue weighted by Gasteiger charge is -2.13. The molecule has 0 amide bonds. The molecule has 5 nitrogen and oxygen atoms in total. The smallest absolute Gasteiger partial charge is 0.247 e. The van der Waals surface area contributed by atoms with Gasteiger partial charge in [0.1, 0.15) is 10.7 Å².